The number of aromatic nitrogens is 1. The van der Waals surface area contributed by atoms with E-state index in [0.29, 0.717) is 27.5 Å². The van der Waals surface area contributed by atoms with Crippen molar-refractivity contribution in [1.82, 2.24) is 4.98 Å². The Morgan fingerprint density at radius 1 is 0.900 bits per heavy atom. The first-order chi connectivity index (χ1) is 14.6. The minimum absolute atomic E-state index is 0.323. The summed E-state index contributed by atoms with van der Waals surface area (Å²) >= 11 is 1.34. The largest absolute Gasteiger partial charge is 0.322 e. The van der Waals surface area contributed by atoms with Crippen molar-refractivity contribution >= 4 is 29.0 Å². The first-order valence-corrected chi connectivity index (χ1v) is 10.0. The number of nitrogens with one attached hydrogen (secondary N) is 1. The van der Waals surface area contributed by atoms with Gasteiger partial charge in [-0.1, -0.05) is 42.5 Å². The molecule has 1 aromatic heterocycles. The Morgan fingerprint density at radius 3 is 2.37 bits per heavy atom. The summed E-state index contributed by atoms with van der Waals surface area (Å²) in [5.41, 5.74) is 3.14. The number of rotatable bonds is 5. The van der Waals surface area contributed by atoms with Gasteiger partial charge in [-0.15, -0.1) is 11.3 Å². The Hall–Kier alpha value is -3.64. The standard InChI is InChI=1S/C24H16F2N2OS/c25-17-12-9-16(10-13-17)11-14-23(29)27-21-8-4-2-6-19(21)22-15-30-24(28-22)18-5-1-3-7-20(18)26/h1-15H,(H,27,29)/b14-11+. The summed E-state index contributed by atoms with van der Waals surface area (Å²) < 4.78 is 27.0. The van der Waals surface area contributed by atoms with Crippen LogP contribution in [0.4, 0.5) is 14.5 Å². The maximum Gasteiger partial charge on any atom is 0.248 e. The molecule has 0 saturated carbocycles. The Balaban J connectivity index is 1.55. The average Bonchev–Trinajstić information content (AvgIpc) is 3.24. The number of carbonyl (C=O) groups excluding carboxylic acids is 1. The van der Waals surface area contributed by atoms with Crippen molar-refractivity contribution in [2.75, 3.05) is 5.32 Å². The number of amides is 1. The minimum Gasteiger partial charge on any atom is -0.322 e. The second-order valence-electron chi connectivity index (χ2n) is 6.44. The second-order valence-corrected chi connectivity index (χ2v) is 7.30. The van der Waals surface area contributed by atoms with E-state index < -0.39 is 0 Å². The predicted molar refractivity (Wildman–Crippen MR) is 117 cm³/mol. The zero-order chi connectivity index (χ0) is 20.9. The molecule has 3 nitrogen and oxygen atoms in total. The van der Waals surface area contributed by atoms with Crippen LogP contribution in [0.5, 0.6) is 0 Å². The average molecular weight is 418 g/mol. The van der Waals surface area contributed by atoms with Gasteiger partial charge in [0.25, 0.3) is 0 Å². The van der Waals surface area contributed by atoms with E-state index in [-0.39, 0.29) is 17.5 Å². The highest BCUT2D eigenvalue weighted by molar-refractivity contribution is 7.13. The number of hydrogen-bond acceptors (Lipinski definition) is 3. The molecule has 0 aliphatic carbocycles. The van der Waals surface area contributed by atoms with Gasteiger partial charge in [0, 0.05) is 22.6 Å². The van der Waals surface area contributed by atoms with Crippen LogP contribution >= 0.6 is 11.3 Å². The fourth-order valence-corrected chi connectivity index (χ4v) is 3.74. The number of para-hydroxylation sites is 1. The molecule has 0 bridgehead atoms. The number of halogens is 2. The molecular weight excluding hydrogens is 402 g/mol. The van der Waals surface area contributed by atoms with Crippen LogP contribution in [-0.4, -0.2) is 10.9 Å². The zero-order valence-corrected chi connectivity index (χ0v) is 16.5. The van der Waals surface area contributed by atoms with Crippen LogP contribution in [-0.2, 0) is 4.79 Å². The number of nitrogens with zero attached hydrogens (tertiary/aromatic N) is 1. The highest BCUT2D eigenvalue weighted by Crippen LogP contribution is 2.33. The SMILES string of the molecule is O=C(/C=C/c1ccc(F)cc1)Nc1ccccc1-c1csc(-c2ccccc2F)n1. The molecule has 0 atom stereocenters. The van der Waals surface area contributed by atoms with Gasteiger partial charge in [-0.25, -0.2) is 13.8 Å². The summed E-state index contributed by atoms with van der Waals surface area (Å²) in [6.45, 7) is 0. The maximum absolute atomic E-state index is 14.1. The second kappa shape index (κ2) is 8.80. The molecule has 148 valence electrons. The summed E-state index contributed by atoms with van der Waals surface area (Å²) in [4.78, 5) is 16.9. The van der Waals surface area contributed by atoms with Crippen molar-refractivity contribution in [3.05, 3.63) is 101 Å². The molecule has 6 heteroatoms. The molecule has 30 heavy (non-hydrogen) atoms. The monoisotopic (exact) mass is 418 g/mol. The molecule has 0 radical (unpaired) electrons. The fraction of sp³-hybridized carbons (Fsp3) is 0. The molecule has 4 rings (SSSR count). The number of hydrogen-bond donors (Lipinski definition) is 1. The highest BCUT2D eigenvalue weighted by atomic mass is 32.1. The summed E-state index contributed by atoms with van der Waals surface area (Å²) in [6.07, 6.45) is 2.99. The van der Waals surface area contributed by atoms with Crippen molar-refractivity contribution in [3.63, 3.8) is 0 Å². The van der Waals surface area contributed by atoms with Crippen LogP contribution in [0.15, 0.2) is 84.3 Å². The lowest BCUT2D eigenvalue weighted by Crippen LogP contribution is -2.08. The number of benzene rings is 3. The summed E-state index contributed by atoms with van der Waals surface area (Å²) in [5.74, 6) is -0.981. The zero-order valence-electron chi connectivity index (χ0n) is 15.7. The Kier molecular flexibility index (Phi) is 5.77. The third-order valence-electron chi connectivity index (χ3n) is 4.37. The molecule has 0 fully saturated rings. The molecule has 1 heterocycles. The van der Waals surface area contributed by atoms with Crippen LogP contribution in [0.2, 0.25) is 0 Å². The molecule has 0 spiro atoms. The molecule has 1 amide bonds. The van der Waals surface area contributed by atoms with Gasteiger partial charge >= 0.3 is 0 Å². The summed E-state index contributed by atoms with van der Waals surface area (Å²) in [6, 6.07) is 19.6. The lowest BCUT2D eigenvalue weighted by molar-refractivity contribution is -0.111. The van der Waals surface area contributed by atoms with Gasteiger partial charge in [0.1, 0.15) is 16.6 Å². The lowest BCUT2D eigenvalue weighted by atomic mass is 10.1. The van der Waals surface area contributed by atoms with E-state index in [2.05, 4.69) is 10.3 Å². The molecule has 0 saturated heterocycles. The number of carbonyl (C=O) groups is 1. The van der Waals surface area contributed by atoms with E-state index in [0.717, 1.165) is 5.56 Å². The van der Waals surface area contributed by atoms with E-state index in [1.807, 2.05) is 23.6 Å². The quantitative estimate of drug-likeness (QED) is 0.381. The Bertz CT molecular complexity index is 1220. The van der Waals surface area contributed by atoms with Crippen LogP contribution in [0, 0.1) is 11.6 Å². The van der Waals surface area contributed by atoms with Gasteiger partial charge in [0.2, 0.25) is 5.91 Å². The van der Waals surface area contributed by atoms with Crippen LogP contribution < -0.4 is 5.32 Å². The topological polar surface area (TPSA) is 42.0 Å². The van der Waals surface area contributed by atoms with Gasteiger partial charge in [-0.3, -0.25) is 4.79 Å². The third kappa shape index (κ3) is 4.50. The normalized spacial score (nSPS) is 11.0. The van der Waals surface area contributed by atoms with Gasteiger partial charge in [-0.05, 0) is 42.0 Å². The van der Waals surface area contributed by atoms with E-state index in [1.165, 1.54) is 35.6 Å². The number of anilines is 1. The molecular formula is C24H16F2N2OS. The van der Waals surface area contributed by atoms with E-state index in [4.69, 9.17) is 0 Å². The molecule has 0 unspecified atom stereocenters. The first-order valence-electron chi connectivity index (χ1n) is 9.14. The van der Waals surface area contributed by atoms with Gasteiger partial charge in [-0.2, -0.15) is 0 Å². The smallest absolute Gasteiger partial charge is 0.248 e. The predicted octanol–water partition coefficient (Wildman–Crippen LogP) is 6.41. The van der Waals surface area contributed by atoms with Crippen molar-refractivity contribution in [3.8, 4) is 21.8 Å². The Labute approximate surface area is 176 Å². The van der Waals surface area contributed by atoms with Gasteiger partial charge in [0.05, 0.1) is 11.4 Å². The third-order valence-corrected chi connectivity index (χ3v) is 5.24. The lowest BCUT2D eigenvalue weighted by Gasteiger charge is -2.08. The summed E-state index contributed by atoms with van der Waals surface area (Å²) in [7, 11) is 0. The molecule has 0 aliphatic rings. The van der Waals surface area contributed by atoms with Gasteiger partial charge in [0.15, 0.2) is 0 Å². The van der Waals surface area contributed by atoms with Crippen molar-refractivity contribution in [2.45, 2.75) is 0 Å². The first kappa shape index (κ1) is 19.7. The highest BCUT2D eigenvalue weighted by Gasteiger charge is 2.13. The van der Waals surface area contributed by atoms with Crippen molar-refractivity contribution in [1.29, 1.82) is 0 Å². The molecule has 0 aliphatic heterocycles. The van der Waals surface area contributed by atoms with Crippen LogP contribution in [0.1, 0.15) is 5.56 Å². The van der Waals surface area contributed by atoms with E-state index in [9.17, 15) is 13.6 Å². The molecule has 1 N–H and O–H groups in total. The summed E-state index contributed by atoms with van der Waals surface area (Å²) in [5, 5.41) is 5.25. The van der Waals surface area contributed by atoms with E-state index in [1.54, 1.807) is 42.5 Å². The van der Waals surface area contributed by atoms with E-state index >= 15 is 0 Å². The minimum atomic E-state index is -0.330. The van der Waals surface area contributed by atoms with Crippen molar-refractivity contribution < 1.29 is 13.6 Å². The van der Waals surface area contributed by atoms with Crippen LogP contribution in [0.3, 0.4) is 0 Å². The fourth-order valence-electron chi connectivity index (χ4n) is 2.89. The number of thiazole rings is 1. The maximum atomic E-state index is 14.1. The van der Waals surface area contributed by atoms with Crippen LogP contribution in [0.25, 0.3) is 27.9 Å². The van der Waals surface area contributed by atoms with Crippen molar-refractivity contribution in [2.24, 2.45) is 0 Å². The molecule has 3 aromatic carbocycles. The van der Waals surface area contributed by atoms with Gasteiger partial charge < -0.3 is 5.32 Å². The molecule has 4 aromatic rings. The Morgan fingerprint density at radius 2 is 1.60 bits per heavy atom.